The van der Waals surface area contributed by atoms with E-state index in [0.717, 1.165) is 42.7 Å². The number of allylic oxidation sites excluding steroid dienone is 3. The number of carbonyl (C=O) groups excluding carboxylic acids is 2. The lowest BCUT2D eigenvalue weighted by atomic mass is 9.48. The minimum absolute atomic E-state index is 0.0374. The summed E-state index contributed by atoms with van der Waals surface area (Å²) in [6.45, 7) is 7.40. The van der Waals surface area contributed by atoms with Crippen molar-refractivity contribution >= 4 is 23.4 Å². The average Bonchev–Trinajstić information content (AvgIpc) is 2.90. The van der Waals surface area contributed by atoms with Crippen LogP contribution in [-0.2, 0) is 14.3 Å². The van der Waals surface area contributed by atoms with Crippen LogP contribution in [0, 0.1) is 28.6 Å². The molecule has 0 radical (unpaired) electrons. The normalized spacial score (nSPS) is 47.2. The first-order chi connectivity index (χ1) is 13.0. The predicted molar refractivity (Wildman–Crippen MR) is 108 cm³/mol. The number of Topliss-reactive ketones (excluding diaryl/α,β-unsaturated/α-hetero) is 1. The fraction of sp³-hybridized carbons (Fsp3) is 0.739. The quantitative estimate of drug-likeness (QED) is 0.683. The van der Waals surface area contributed by atoms with E-state index >= 15 is 0 Å². The molecule has 0 amide bonds. The van der Waals surface area contributed by atoms with Crippen LogP contribution < -0.4 is 0 Å². The molecule has 0 unspecified atom stereocenters. The molecule has 5 heteroatoms. The fourth-order valence-corrected chi connectivity index (χ4v) is 7.70. The van der Waals surface area contributed by atoms with Crippen LogP contribution in [0.5, 0.6) is 0 Å². The zero-order chi connectivity index (χ0) is 20.5. The minimum atomic E-state index is -1.02. The zero-order valence-corrected chi connectivity index (χ0v) is 18.0. The van der Waals surface area contributed by atoms with Gasteiger partial charge in [-0.15, -0.1) is 0 Å². The molecule has 2 saturated carbocycles. The van der Waals surface area contributed by atoms with Crippen molar-refractivity contribution in [2.24, 2.45) is 28.6 Å². The maximum Gasteiger partial charge on any atom is 0.303 e. The Kier molecular flexibility index (Phi) is 4.63. The number of hydrogen-bond acceptors (Lipinski definition) is 4. The second kappa shape index (κ2) is 6.43. The van der Waals surface area contributed by atoms with E-state index in [1.165, 1.54) is 6.92 Å². The van der Waals surface area contributed by atoms with E-state index in [9.17, 15) is 14.7 Å². The molecule has 0 aromatic heterocycles. The first-order valence-corrected chi connectivity index (χ1v) is 10.9. The third-order valence-electron chi connectivity index (χ3n) is 8.69. The number of halogens is 1. The number of aliphatic hydroxyl groups excluding tert-OH is 1. The molecular formula is C23H31ClO4. The van der Waals surface area contributed by atoms with Gasteiger partial charge in [-0.2, -0.15) is 0 Å². The number of esters is 1. The van der Waals surface area contributed by atoms with Gasteiger partial charge in [0.15, 0.2) is 11.4 Å². The third kappa shape index (κ3) is 2.53. The highest BCUT2D eigenvalue weighted by molar-refractivity contribution is 6.32. The van der Waals surface area contributed by atoms with Gasteiger partial charge in [0.05, 0.1) is 6.10 Å². The molecule has 0 aromatic rings. The van der Waals surface area contributed by atoms with Crippen LogP contribution in [0.1, 0.15) is 66.2 Å². The summed E-state index contributed by atoms with van der Waals surface area (Å²) in [5.41, 5.74) is -0.340. The molecule has 0 saturated heterocycles. The van der Waals surface area contributed by atoms with Crippen molar-refractivity contribution in [3.8, 4) is 0 Å². The van der Waals surface area contributed by atoms with Crippen molar-refractivity contribution in [2.75, 3.05) is 0 Å². The summed E-state index contributed by atoms with van der Waals surface area (Å²) in [7, 11) is 0. The number of carbonyl (C=O) groups is 2. The minimum Gasteiger partial charge on any atom is -0.451 e. The van der Waals surface area contributed by atoms with Crippen molar-refractivity contribution in [1.29, 1.82) is 0 Å². The molecule has 0 aromatic carbocycles. The number of rotatable bonds is 2. The van der Waals surface area contributed by atoms with E-state index < -0.39 is 11.7 Å². The van der Waals surface area contributed by atoms with Gasteiger partial charge in [-0.25, -0.2) is 0 Å². The lowest BCUT2D eigenvalue weighted by molar-refractivity contribution is -0.185. The van der Waals surface area contributed by atoms with Gasteiger partial charge in [0.25, 0.3) is 0 Å². The standard InChI is InChI=1S/C23H31ClO4/c1-13(25)23(28-14(2)26)10-7-18-16-12-20(24)19-11-15(27)5-8-21(19,3)17(16)6-9-22(18,23)4/h11-12,15-18,27H,5-10H2,1-4H3/t15-,16+,17+,18+,21+,22-,23+/m0/s1. The number of ketones is 1. The number of ether oxygens (including phenoxy) is 1. The van der Waals surface area contributed by atoms with Crippen molar-refractivity contribution in [1.82, 2.24) is 0 Å². The number of fused-ring (bicyclic) bond motifs is 5. The molecule has 154 valence electrons. The molecule has 0 aliphatic heterocycles. The molecule has 1 N–H and O–H groups in total. The van der Waals surface area contributed by atoms with Crippen LogP contribution in [0.15, 0.2) is 22.8 Å². The Morgan fingerprint density at radius 1 is 1.07 bits per heavy atom. The number of aliphatic hydroxyl groups is 1. The number of hydrogen-bond donors (Lipinski definition) is 1. The van der Waals surface area contributed by atoms with Gasteiger partial charge in [-0.05, 0) is 74.2 Å². The summed E-state index contributed by atoms with van der Waals surface area (Å²) < 4.78 is 5.80. The molecule has 4 rings (SSSR count). The largest absolute Gasteiger partial charge is 0.451 e. The fourth-order valence-electron chi connectivity index (χ4n) is 7.28. The first-order valence-electron chi connectivity index (χ1n) is 10.5. The highest BCUT2D eigenvalue weighted by atomic mass is 35.5. The molecule has 4 aliphatic rings. The zero-order valence-electron chi connectivity index (χ0n) is 17.3. The molecule has 0 bridgehead atoms. The van der Waals surface area contributed by atoms with Gasteiger partial charge in [0.1, 0.15) is 0 Å². The Balaban J connectivity index is 1.78. The molecule has 0 spiro atoms. The summed E-state index contributed by atoms with van der Waals surface area (Å²) in [4.78, 5) is 24.7. The van der Waals surface area contributed by atoms with E-state index in [4.69, 9.17) is 16.3 Å². The van der Waals surface area contributed by atoms with Crippen molar-refractivity contribution < 1.29 is 19.4 Å². The summed E-state index contributed by atoms with van der Waals surface area (Å²) >= 11 is 6.75. The second-order valence-corrected chi connectivity index (χ2v) is 10.3. The Hall–Kier alpha value is -1.13. The summed E-state index contributed by atoms with van der Waals surface area (Å²) in [5.74, 6) is 0.542. The highest BCUT2D eigenvalue weighted by Gasteiger charge is 2.67. The molecule has 0 heterocycles. The van der Waals surface area contributed by atoms with E-state index in [0.29, 0.717) is 12.3 Å². The predicted octanol–water partition coefficient (Wildman–Crippen LogP) is 4.54. The molecule has 2 fully saturated rings. The van der Waals surface area contributed by atoms with Crippen LogP contribution >= 0.6 is 11.6 Å². The van der Waals surface area contributed by atoms with Crippen LogP contribution in [0.3, 0.4) is 0 Å². The van der Waals surface area contributed by atoms with Gasteiger partial charge in [0.2, 0.25) is 0 Å². The van der Waals surface area contributed by atoms with E-state index in [1.54, 1.807) is 6.92 Å². The maximum absolute atomic E-state index is 12.8. The Morgan fingerprint density at radius 2 is 1.75 bits per heavy atom. The topological polar surface area (TPSA) is 63.6 Å². The second-order valence-electron chi connectivity index (χ2n) is 9.88. The Morgan fingerprint density at radius 3 is 2.39 bits per heavy atom. The molecular weight excluding hydrogens is 376 g/mol. The third-order valence-corrected chi connectivity index (χ3v) is 9.02. The lowest BCUT2D eigenvalue weighted by Gasteiger charge is -2.58. The van der Waals surface area contributed by atoms with Gasteiger partial charge in [-0.1, -0.05) is 37.6 Å². The van der Waals surface area contributed by atoms with Gasteiger partial charge < -0.3 is 9.84 Å². The van der Waals surface area contributed by atoms with Crippen molar-refractivity contribution in [3.05, 3.63) is 22.8 Å². The molecule has 4 nitrogen and oxygen atoms in total. The Bertz CT molecular complexity index is 785. The van der Waals surface area contributed by atoms with E-state index in [2.05, 4.69) is 19.9 Å². The SMILES string of the molecule is CC(=O)O[C@@]1(C(C)=O)CC[C@@H]2[C@@H]3C=C(Cl)C4=C[C@@H](O)CC[C@]4(C)[C@@H]3CC[C@@]21C. The monoisotopic (exact) mass is 406 g/mol. The Labute approximate surface area is 172 Å². The van der Waals surface area contributed by atoms with E-state index in [-0.39, 0.29) is 34.4 Å². The van der Waals surface area contributed by atoms with Gasteiger partial charge in [-0.3, -0.25) is 9.59 Å². The molecule has 7 atom stereocenters. The lowest BCUT2D eigenvalue weighted by Crippen LogP contribution is -2.58. The average molecular weight is 407 g/mol. The summed E-state index contributed by atoms with van der Waals surface area (Å²) in [5, 5.41) is 10.9. The van der Waals surface area contributed by atoms with Crippen LogP contribution in [0.4, 0.5) is 0 Å². The van der Waals surface area contributed by atoms with E-state index in [1.807, 2.05) is 6.08 Å². The van der Waals surface area contributed by atoms with Crippen LogP contribution in [0.2, 0.25) is 0 Å². The summed E-state index contributed by atoms with van der Waals surface area (Å²) in [6, 6.07) is 0. The first kappa shape index (κ1) is 20.2. The van der Waals surface area contributed by atoms with Crippen LogP contribution in [0.25, 0.3) is 0 Å². The molecule has 4 aliphatic carbocycles. The highest BCUT2D eigenvalue weighted by Crippen LogP contribution is 2.68. The maximum atomic E-state index is 12.8. The van der Waals surface area contributed by atoms with Gasteiger partial charge in [0, 0.05) is 17.4 Å². The summed E-state index contributed by atoms with van der Waals surface area (Å²) in [6.07, 6.45) is 8.68. The van der Waals surface area contributed by atoms with Gasteiger partial charge >= 0.3 is 5.97 Å². The molecule has 28 heavy (non-hydrogen) atoms. The smallest absolute Gasteiger partial charge is 0.303 e. The van der Waals surface area contributed by atoms with Crippen molar-refractivity contribution in [3.63, 3.8) is 0 Å². The van der Waals surface area contributed by atoms with Crippen LogP contribution in [-0.4, -0.2) is 28.6 Å². The van der Waals surface area contributed by atoms with Crippen molar-refractivity contribution in [2.45, 2.75) is 77.9 Å².